The quantitative estimate of drug-likeness (QED) is 0.621. The normalized spacial score (nSPS) is 9.40. The number of hydrogen-bond donors (Lipinski definition) is 1. The van der Waals surface area contributed by atoms with Crippen LogP contribution in [0, 0.1) is 0 Å². The Morgan fingerprint density at radius 2 is 2.30 bits per heavy atom. The fourth-order valence-corrected chi connectivity index (χ4v) is 0.584. The minimum Gasteiger partial charge on any atom is -0.467 e. The van der Waals surface area contributed by atoms with Crippen LogP contribution in [0.2, 0.25) is 5.28 Å². The first-order valence-corrected chi connectivity index (χ1v) is 2.78. The summed E-state index contributed by atoms with van der Waals surface area (Å²) in [5, 5.41) is -0.0307. The van der Waals surface area contributed by atoms with Crippen molar-refractivity contribution in [2.24, 2.45) is 0 Å². The van der Waals surface area contributed by atoms with Crippen LogP contribution in [0.5, 0.6) is 6.01 Å². The second kappa shape index (κ2) is 2.66. The first kappa shape index (κ1) is 7.01. The van der Waals surface area contributed by atoms with Gasteiger partial charge in [0.05, 0.1) is 7.11 Å². The molecule has 0 aromatic carbocycles. The Morgan fingerprint density at radius 3 is 2.80 bits per heavy atom. The molecular formula is C4H4ClN3O2. The van der Waals surface area contributed by atoms with Gasteiger partial charge >= 0.3 is 11.7 Å². The molecule has 0 atom stereocenters. The van der Waals surface area contributed by atoms with Gasteiger partial charge in [0.25, 0.3) is 0 Å². The van der Waals surface area contributed by atoms with Gasteiger partial charge in [0.1, 0.15) is 0 Å². The standard InChI is InChI=1S/C4H4ClN3O2/c1-10-4-7-2(5)6-3(9)8-4/h1H3,(H,6,7,8,9). The molecule has 0 bridgehead atoms. The number of aromatic amines is 1. The van der Waals surface area contributed by atoms with Crippen LogP contribution in [0.15, 0.2) is 4.79 Å². The molecule has 1 N–H and O–H groups in total. The molecule has 0 saturated carbocycles. The topological polar surface area (TPSA) is 67.9 Å². The van der Waals surface area contributed by atoms with Gasteiger partial charge in [-0.25, -0.2) is 4.79 Å². The van der Waals surface area contributed by atoms with Crippen molar-refractivity contribution in [2.45, 2.75) is 0 Å². The Kier molecular flexibility index (Phi) is 1.86. The van der Waals surface area contributed by atoms with Gasteiger partial charge in [0.15, 0.2) is 0 Å². The van der Waals surface area contributed by atoms with E-state index in [2.05, 4.69) is 19.7 Å². The lowest BCUT2D eigenvalue weighted by molar-refractivity contribution is 0.376. The Hall–Kier alpha value is -1.10. The Balaban J connectivity index is 3.19. The molecule has 0 unspecified atom stereocenters. The molecule has 0 saturated heterocycles. The third-order valence-electron chi connectivity index (χ3n) is 0.784. The Labute approximate surface area is 61.0 Å². The molecule has 1 aromatic heterocycles. The highest BCUT2D eigenvalue weighted by Crippen LogP contribution is 1.99. The number of hydrogen-bond acceptors (Lipinski definition) is 4. The summed E-state index contributed by atoms with van der Waals surface area (Å²) in [4.78, 5) is 19.5. The zero-order chi connectivity index (χ0) is 7.56. The zero-order valence-corrected chi connectivity index (χ0v) is 5.84. The predicted molar refractivity (Wildman–Crippen MR) is 34.2 cm³/mol. The minimum atomic E-state index is -0.572. The summed E-state index contributed by atoms with van der Waals surface area (Å²) in [5.74, 6) is 0. The van der Waals surface area contributed by atoms with E-state index in [0.717, 1.165) is 0 Å². The monoisotopic (exact) mass is 161 g/mol. The number of nitrogens with zero attached hydrogens (tertiary/aromatic N) is 2. The highest BCUT2D eigenvalue weighted by Gasteiger charge is 1.97. The molecule has 0 fully saturated rings. The lowest BCUT2D eigenvalue weighted by Gasteiger charge is -1.93. The molecular weight excluding hydrogens is 158 g/mol. The Morgan fingerprint density at radius 1 is 1.60 bits per heavy atom. The van der Waals surface area contributed by atoms with Gasteiger partial charge in [-0.3, -0.25) is 4.98 Å². The van der Waals surface area contributed by atoms with Crippen LogP contribution in [0.4, 0.5) is 0 Å². The molecule has 6 heteroatoms. The average molecular weight is 162 g/mol. The van der Waals surface area contributed by atoms with Crippen LogP contribution >= 0.6 is 11.6 Å². The van der Waals surface area contributed by atoms with Crippen molar-refractivity contribution in [1.29, 1.82) is 0 Å². The summed E-state index contributed by atoms with van der Waals surface area (Å²) in [6, 6.07) is -0.0336. The summed E-state index contributed by atoms with van der Waals surface area (Å²) in [5.41, 5.74) is -0.572. The molecule has 0 spiro atoms. The SMILES string of the molecule is COc1nc(Cl)[nH]c(=O)n1. The summed E-state index contributed by atoms with van der Waals surface area (Å²) in [6.45, 7) is 0. The third kappa shape index (κ3) is 1.44. The van der Waals surface area contributed by atoms with Crippen molar-refractivity contribution in [1.82, 2.24) is 15.0 Å². The van der Waals surface area contributed by atoms with E-state index in [1.165, 1.54) is 7.11 Å². The van der Waals surface area contributed by atoms with E-state index >= 15 is 0 Å². The molecule has 0 aliphatic rings. The van der Waals surface area contributed by atoms with E-state index in [1.807, 2.05) is 0 Å². The lowest BCUT2D eigenvalue weighted by Crippen LogP contribution is -2.12. The van der Waals surface area contributed by atoms with Crippen molar-refractivity contribution < 1.29 is 4.74 Å². The molecule has 10 heavy (non-hydrogen) atoms. The predicted octanol–water partition coefficient (Wildman–Crippen LogP) is -0.173. The molecule has 0 aliphatic heterocycles. The van der Waals surface area contributed by atoms with E-state index in [-0.39, 0.29) is 11.3 Å². The number of H-pyrrole nitrogens is 1. The molecule has 1 aromatic rings. The molecule has 1 rings (SSSR count). The van der Waals surface area contributed by atoms with Crippen molar-refractivity contribution in [3.05, 3.63) is 15.8 Å². The fourth-order valence-electron chi connectivity index (χ4n) is 0.431. The van der Waals surface area contributed by atoms with Crippen LogP contribution in [-0.4, -0.2) is 22.1 Å². The van der Waals surface area contributed by atoms with E-state index in [9.17, 15) is 4.79 Å². The Bertz CT molecular complexity index is 284. The van der Waals surface area contributed by atoms with Crippen molar-refractivity contribution in [2.75, 3.05) is 7.11 Å². The summed E-state index contributed by atoms with van der Waals surface area (Å²) < 4.78 is 4.55. The summed E-state index contributed by atoms with van der Waals surface area (Å²) in [6.07, 6.45) is 0. The van der Waals surface area contributed by atoms with Gasteiger partial charge in [0.2, 0.25) is 5.28 Å². The largest absolute Gasteiger partial charge is 0.467 e. The van der Waals surface area contributed by atoms with Crippen molar-refractivity contribution >= 4 is 11.6 Å². The van der Waals surface area contributed by atoms with Crippen LogP contribution < -0.4 is 10.4 Å². The number of methoxy groups -OCH3 is 1. The van der Waals surface area contributed by atoms with Gasteiger partial charge in [-0.1, -0.05) is 0 Å². The van der Waals surface area contributed by atoms with Crippen LogP contribution in [-0.2, 0) is 0 Å². The van der Waals surface area contributed by atoms with Gasteiger partial charge in [-0.15, -0.1) is 4.98 Å². The highest BCUT2D eigenvalue weighted by atomic mass is 35.5. The molecule has 1 heterocycles. The first-order valence-electron chi connectivity index (χ1n) is 2.40. The maximum absolute atomic E-state index is 10.5. The van der Waals surface area contributed by atoms with Crippen LogP contribution in [0.1, 0.15) is 0 Å². The smallest absolute Gasteiger partial charge is 0.351 e. The number of rotatable bonds is 1. The maximum atomic E-state index is 10.5. The second-order valence-electron chi connectivity index (χ2n) is 1.43. The van der Waals surface area contributed by atoms with E-state index in [0.29, 0.717) is 0 Å². The maximum Gasteiger partial charge on any atom is 0.351 e. The second-order valence-corrected chi connectivity index (χ2v) is 1.79. The minimum absolute atomic E-state index is 0.0307. The molecule has 5 nitrogen and oxygen atoms in total. The van der Waals surface area contributed by atoms with Crippen LogP contribution in [0.25, 0.3) is 0 Å². The number of halogens is 1. The van der Waals surface area contributed by atoms with Crippen molar-refractivity contribution in [3.63, 3.8) is 0 Å². The highest BCUT2D eigenvalue weighted by molar-refractivity contribution is 6.28. The molecule has 0 radical (unpaired) electrons. The average Bonchev–Trinajstić information content (AvgIpc) is 1.85. The lowest BCUT2D eigenvalue weighted by atomic mass is 11.0. The fraction of sp³-hybridized carbons (Fsp3) is 0.250. The zero-order valence-electron chi connectivity index (χ0n) is 5.09. The van der Waals surface area contributed by atoms with Gasteiger partial charge in [-0.05, 0) is 11.6 Å². The third-order valence-corrected chi connectivity index (χ3v) is 0.963. The number of nitrogens with one attached hydrogen (secondary N) is 1. The molecule has 54 valence electrons. The number of ether oxygens (including phenoxy) is 1. The molecule has 0 amide bonds. The van der Waals surface area contributed by atoms with Crippen LogP contribution in [0.3, 0.4) is 0 Å². The van der Waals surface area contributed by atoms with E-state index < -0.39 is 5.69 Å². The summed E-state index contributed by atoms with van der Waals surface area (Å²) >= 11 is 5.34. The van der Waals surface area contributed by atoms with Gasteiger partial charge in [-0.2, -0.15) is 4.98 Å². The molecule has 0 aliphatic carbocycles. The van der Waals surface area contributed by atoms with Crippen molar-refractivity contribution in [3.8, 4) is 6.01 Å². The number of aromatic nitrogens is 3. The van der Waals surface area contributed by atoms with E-state index in [1.54, 1.807) is 0 Å². The first-order chi connectivity index (χ1) is 4.72. The van der Waals surface area contributed by atoms with Gasteiger partial charge in [0, 0.05) is 0 Å². The summed E-state index contributed by atoms with van der Waals surface area (Å²) in [7, 11) is 1.35. The van der Waals surface area contributed by atoms with Gasteiger partial charge < -0.3 is 4.74 Å². The van der Waals surface area contributed by atoms with E-state index in [4.69, 9.17) is 11.6 Å².